The van der Waals surface area contributed by atoms with Gasteiger partial charge in [-0.05, 0) is 31.2 Å². The lowest BCUT2D eigenvalue weighted by atomic mass is 10.1. The largest absolute Gasteiger partial charge is 0.399 e. The molecule has 1 aliphatic rings. The Hall–Kier alpha value is -2.37. The Kier molecular flexibility index (Phi) is 3.01. The second-order valence-corrected chi connectivity index (χ2v) is 4.14. The molecule has 6 nitrogen and oxygen atoms in total. The highest BCUT2D eigenvalue weighted by atomic mass is 16.2. The summed E-state index contributed by atoms with van der Waals surface area (Å²) in [7, 11) is 0. The Labute approximate surface area is 104 Å². The third-order valence-corrected chi connectivity index (χ3v) is 2.84. The summed E-state index contributed by atoms with van der Waals surface area (Å²) in [4.78, 5) is 36.1. The van der Waals surface area contributed by atoms with Gasteiger partial charge in [0, 0.05) is 11.3 Å². The van der Waals surface area contributed by atoms with Crippen molar-refractivity contribution in [3.8, 4) is 0 Å². The summed E-state index contributed by atoms with van der Waals surface area (Å²) < 4.78 is 0. The number of amides is 3. The van der Waals surface area contributed by atoms with Crippen LogP contribution in [-0.4, -0.2) is 35.2 Å². The highest BCUT2D eigenvalue weighted by Crippen LogP contribution is 2.13. The first-order valence-corrected chi connectivity index (χ1v) is 5.49. The zero-order valence-corrected chi connectivity index (χ0v) is 9.84. The van der Waals surface area contributed by atoms with E-state index in [2.05, 4.69) is 5.32 Å². The van der Waals surface area contributed by atoms with Crippen molar-refractivity contribution in [1.29, 1.82) is 0 Å². The number of piperazine rings is 1. The number of nitrogens with zero attached hydrogens (tertiary/aromatic N) is 1. The van der Waals surface area contributed by atoms with Gasteiger partial charge in [-0.1, -0.05) is 0 Å². The molecule has 1 aromatic carbocycles. The van der Waals surface area contributed by atoms with E-state index in [4.69, 9.17) is 5.73 Å². The van der Waals surface area contributed by atoms with Crippen molar-refractivity contribution in [2.75, 3.05) is 12.3 Å². The minimum atomic E-state index is -0.659. The number of hydrogen-bond donors (Lipinski definition) is 2. The lowest BCUT2D eigenvalue weighted by Gasteiger charge is -2.31. The fourth-order valence-corrected chi connectivity index (χ4v) is 1.75. The van der Waals surface area contributed by atoms with Crippen LogP contribution in [0.1, 0.15) is 17.3 Å². The predicted octanol–water partition coefficient (Wildman–Crippen LogP) is -0.244. The molecular formula is C12H13N3O3. The summed E-state index contributed by atoms with van der Waals surface area (Å²) in [5, 5.41) is 2.18. The summed E-state index contributed by atoms with van der Waals surface area (Å²) in [5.74, 6) is -1.29. The van der Waals surface area contributed by atoms with Gasteiger partial charge in [0.15, 0.2) is 0 Å². The number of hydrogen-bond acceptors (Lipinski definition) is 4. The van der Waals surface area contributed by atoms with Crippen molar-refractivity contribution in [2.45, 2.75) is 13.0 Å². The molecule has 94 valence electrons. The summed E-state index contributed by atoms with van der Waals surface area (Å²) in [6.45, 7) is 1.47. The van der Waals surface area contributed by atoms with Gasteiger partial charge in [0.05, 0.1) is 0 Å². The van der Waals surface area contributed by atoms with Gasteiger partial charge in [0.25, 0.3) is 5.91 Å². The van der Waals surface area contributed by atoms with Gasteiger partial charge in [-0.15, -0.1) is 0 Å². The fourth-order valence-electron chi connectivity index (χ4n) is 1.75. The van der Waals surface area contributed by atoms with Gasteiger partial charge in [-0.25, -0.2) is 0 Å². The summed E-state index contributed by atoms with van der Waals surface area (Å²) in [5.41, 5.74) is 6.48. The summed E-state index contributed by atoms with van der Waals surface area (Å²) >= 11 is 0. The van der Waals surface area contributed by atoms with Gasteiger partial charge < -0.3 is 10.6 Å². The molecule has 0 saturated carbocycles. The molecule has 0 spiro atoms. The number of nitrogens with two attached hydrogens (primary N) is 1. The van der Waals surface area contributed by atoms with Crippen LogP contribution >= 0.6 is 0 Å². The van der Waals surface area contributed by atoms with E-state index in [1.165, 1.54) is 4.90 Å². The van der Waals surface area contributed by atoms with Crippen molar-refractivity contribution in [2.24, 2.45) is 0 Å². The van der Waals surface area contributed by atoms with Crippen LogP contribution in [0, 0.1) is 0 Å². The normalized spacial score (nSPS) is 19.6. The quantitative estimate of drug-likeness (QED) is 0.529. The first-order chi connectivity index (χ1) is 8.49. The monoisotopic (exact) mass is 247 g/mol. The maximum absolute atomic E-state index is 12.2. The Balaban J connectivity index is 2.24. The number of rotatable bonds is 1. The molecular weight excluding hydrogens is 234 g/mol. The second kappa shape index (κ2) is 4.48. The van der Waals surface area contributed by atoms with E-state index in [0.29, 0.717) is 11.3 Å². The molecule has 18 heavy (non-hydrogen) atoms. The molecule has 1 aliphatic heterocycles. The summed E-state index contributed by atoms with van der Waals surface area (Å²) in [6, 6.07) is 5.68. The number of carbonyl (C=O) groups excluding carboxylic acids is 3. The lowest BCUT2D eigenvalue weighted by molar-refractivity contribution is -0.138. The average Bonchev–Trinajstić information content (AvgIpc) is 2.34. The fraction of sp³-hybridized carbons (Fsp3) is 0.250. The molecule has 1 atom stereocenters. The van der Waals surface area contributed by atoms with Crippen LogP contribution in [0.25, 0.3) is 0 Å². The van der Waals surface area contributed by atoms with Crippen molar-refractivity contribution in [3.63, 3.8) is 0 Å². The smallest absolute Gasteiger partial charge is 0.254 e. The molecule has 6 heteroatoms. The van der Waals surface area contributed by atoms with E-state index in [1.54, 1.807) is 31.2 Å². The Morgan fingerprint density at radius 1 is 1.33 bits per heavy atom. The summed E-state index contributed by atoms with van der Waals surface area (Å²) in [6.07, 6.45) is 0. The first-order valence-electron chi connectivity index (χ1n) is 5.49. The Morgan fingerprint density at radius 2 is 1.94 bits per heavy atom. The molecule has 3 amide bonds. The maximum Gasteiger partial charge on any atom is 0.254 e. The van der Waals surface area contributed by atoms with E-state index >= 15 is 0 Å². The Morgan fingerprint density at radius 3 is 2.56 bits per heavy atom. The van der Waals surface area contributed by atoms with Gasteiger partial charge in [0.2, 0.25) is 11.8 Å². The molecule has 0 aromatic heterocycles. The minimum absolute atomic E-state index is 0.115. The number of nitrogens with one attached hydrogen (secondary N) is 1. The number of nitrogen functional groups attached to an aromatic ring is 1. The highest BCUT2D eigenvalue weighted by Gasteiger charge is 2.33. The van der Waals surface area contributed by atoms with Crippen LogP contribution in [-0.2, 0) is 9.59 Å². The first kappa shape index (κ1) is 12.1. The molecule has 1 unspecified atom stereocenters. The standard InChI is InChI=1S/C12H13N3O3/c1-7-11(17)14-10(16)6-15(7)12(18)8-2-4-9(13)5-3-8/h2-5,7H,6,13H2,1H3,(H,14,16,17). The van der Waals surface area contributed by atoms with E-state index in [-0.39, 0.29) is 12.5 Å². The maximum atomic E-state index is 12.2. The van der Waals surface area contributed by atoms with E-state index in [9.17, 15) is 14.4 Å². The number of anilines is 1. The highest BCUT2D eigenvalue weighted by molar-refractivity contribution is 6.07. The molecule has 0 aliphatic carbocycles. The van der Waals surface area contributed by atoms with Crippen LogP contribution in [0.3, 0.4) is 0 Å². The minimum Gasteiger partial charge on any atom is -0.399 e. The molecule has 0 radical (unpaired) electrons. The van der Waals surface area contributed by atoms with Gasteiger partial charge in [-0.2, -0.15) is 0 Å². The van der Waals surface area contributed by atoms with Gasteiger partial charge in [-0.3, -0.25) is 19.7 Å². The van der Waals surface area contributed by atoms with Crippen molar-refractivity contribution in [1.82, 2.24) is 10.2 Å². The molecule has 1 fully saturated rings. The lowest BCUT2D eigenvalue weighted by Crippen LogP contribution is -2.58. The van der Waals surface area contributed by atoms with E-state index < -0.39 is 17.9 Å². The molecule has 3 N–H and O–H groups in total. The number of imide groups is 1. The zero-order chi connectivity index (χ0) is 13.3. The van der Waals surface area contributed by atoms with Crippen LogP contribution in [0.15, 0.2) is 24.3 Å². The molecule has 1 aromatic rings. The van der Waals surface area contributed by atoms with E-state index in [0.717, 1.165) is 0 Å². The SMILES string of the molecule is CC1C(=O)NC(=O)CN1C(=O)c1ccc(N)cc1. The average molecular weight is 247 g/mol. The van der Waals surface area contributed by atoms with Gasteiger partial charge in [0.1, 0.15) is 12.6 Å². The van der Waals surface area contributed by atoms with Crippen LogP contribution < -0.4 is 11.1 Å². The third-order valence-electron chi connectivity index (χ3n) is 2.84. The Bertz CT molecular complexity index is 510. The third kappa shape index (κ3) is 2.17. The second-order valence-electron chi connectivity index (χ2n) is 4.14. The molecule has 2 rings (SSSR count). The van der Waals surface area contributed by atoms with Crippen molar-refractivity contribution >= 4 is 23.4 Å². The van der Waals surface area contributed by atoms with Crippen LogP contribution in [0.2, 0.25) is 0 Å². The molecule has 1 heterocycles. The topological polar surface area (TPSA) is 92.5 Å². The predicted molar refractivity (Wildman–Crippen MR) is 64.5 cm³/mol. The zero-order valence-electron chi connectivity index (χ0n) is 9.84. The number of carbonyl (C=O) groups is 3. The van der Waals surface area contributed by atoms with Crippen molar-refractivity contribution < 1.29 is 14.4 Å². The van der Waals surface area contributed by atoms with Crippen LogP contribution in [0.5, 0.6) is 0 Å². The van der Waals surface area contributed by atoms with Crippen LogP contribution in [0.4, 0.5) is 5.69 Å². The van der Waals surface area contributed by atoms with E-state index in [1.807, 2.05) is 0 Å². The van der Waals surface area contributed by atoms with Gasteiger partial charge >= 0.3 is 0 Å². The number of benzene rings is 1. The molecule has 1 saturated heterocycles. The van der Waals surface area contributed by atoms with Crippen molar-refractivity contribution in [3.05, 3.63) is 29.8 Å². The molecule has 0 bridgehead atoms.